The van der Waals surface area contributed by atoms with Crippen LogP contribution in [0, 0.1) is 11.3 Å². The van der Waals surface area contributed by atoms with Crippen LogP contribution in [-0.2, 0) is 13.5 Å². The minimum atomic E-state index is 0.699. The SMILES string of the molecule is CCCCCCCc1nc2ccc(C#N)cc2n1C. The lowest BCUT2D eigenvalue weighted by Crippen LogP contribution is -1.98. The molecule has 0 radical (unpaired) electrons. The molecule has 3 nitrogen and oxygen atoms in total. The number of unbranched alkanes of at least 4 members (excludes halogenated alkanes) is 4. The van der Waals surface area contributed by atoms with E-state index in [4.69, 9.17) is 5.26 Å². The van der Waals surface area contributed by atoms with Crippen molar-refractivity contribution in [3.05, 3.63) is 29.6 Å². The first-order valence-corrected chi connectivity index (χ1v) is 7.11. The highest BCUT2D eigenvalue weighted by Crippen LogP contribution is 2.18. The lowest BCUT2D eigenvalue weighted by atomic mass is 10.1. The van der Waals surface area contributed by atoms with E-state index in [1.807, 2.05) is 25.2 Å². The lowest BCUT2D eigenvalue weighted by molar-refractivity contribution is 0.616. The molecule has 0 saturated heterocycles. The van der Waals surface area contributed by atoms with Crippen LogP contribution < -0.4 is 0 Å². The van der Waals surface area contributed by atoms with Crippen molar-refractivity contribution in [2.45, 2.75) is 45.4 Å². The van der Waals surface area contributed by atoms with E-state index in [2.05, 4.69) is 22.5 Å². The van der Waals surface area contributed by atoms with Crippen LogP contribution >= 0.6 is 0 Å². The average molecular weight is 255 g/mol. The van der Waals surface area contributed by atoms with Crippen LogP contribution in [-0.4, -0.2) is 9.55 Å². The molecule has 0 saturated carbocycles. The topological polar surface area (TPSA) is 41.6 Å². The van der Waals surface area contributed by atoms with Gasteiger partial charge in [0.15, 0.2) is 0 Å². The molecule has 0 N–H and O–H groups in total. The minimum Gasteiger partial charge on any atom is -0.331 e. The van der Waals surface area contributed by atoms with Gasteiger partial charge in [0, 0.05) is 13.5 Å². The van der Waals surface area contributed by atoms with Crippen LogP contribution in [0.4, 0.5) is 0 Å². The van der Waals surface area contributed by atoms with Gasteiger partial charge < -0.3 is 4.57 Å². The molecular weight excluding hydrogens is 234 g/mol. The van der Waals surface area contributed by atoms with Crippen molar-refractivity contribution < 1.29 is 0 Å². The van der Waals surface area contributed by atoms with Gasteiger partial charge in [0.25, 0.3) is 0 Å². The maximum absolute atomic E-state index is 8.94. The molecule has 0 aliphatic heterocycles. The first kappa shape index (κ1) is 13.6. The lowest BCUT2D eigenvalue weighted by Gasteiger charge is -2.02. The van der Waals surface area contributed by atoms with Gasteiger partial charge in [0.1, 0.15) is 5.82 Å². The Kier molecular flexibility index (Phi) is 4.57. The summed E-state index contributed by atoms with van der Waals surface area (Å²) in [5, 5.41) is 8.94. The Hall–Kier alpha value is -1.82. The third-order valence-electron chi connectivity index (χ3n) is 3.61. The molecule has 0 aliphatic carbocycles. The number of nitrogens with zero attached hydrogens (tertiary/aromatic N) is 3. The first-order valence-electron chi connectivity index (χ1n) is 7.11. The second kappa shape index (κ2) is 6.38. The summed E-state index contributed by atoms with van der Waals surface area (Å²) in [6.07, 6.45) is 7.43. The first-order chi connectivity index (χ1) is 9.26. The molecule has 2 aromatic rings. The predicted octanol–water partition coefficient (Wildman–Crippen LogP) is 3.96. The smallest absolute Gasteiger partial charge is 0.109 e. The molecule has 0 atom stereocenters. The molecule has 2 rings (SSSR count). The fourth-order valence-electron chi connectivity index (χ4n) is 2.42. The van der Waals surface area contributed by atoms with Crippen LogP contribution in [0.3, 0.4) is 0 Å². The van der Waals surface area contributed by atoms with Gasteiger partial charge in [0.2, 0.25) is 0 Å². The van der Waals surface area contributed by atoms with Crippen LogP contribution in [0.25, 0.3) is 11.0 Å². The van der Waals surface area contributed by atoms with Crippen molar-refractivity contribution in [3.8, 4) is 6.07 Å². The number of aromatic nitrogens is 2. The van der Waals surface area contributed by atoms with Crippen molar-refractivity contribution in [3.63, 3.8) is 0 Å². The second-order valence-corrected chi connectivity index (χ2v) is 5.07. The summed E-state index contributed by atoms with van der Waals surface area (Å²) in [7, 11) is 2.04. The second-order valence-electron chi connectivity index (χ2n) is 5.07. The van der Waals surface area contributed by atoms with E-state index in [9.17, 15) is 0 Å². The Morgan fingerprint density at radius 1 is 1.21 bits per heavy atom. The summed E-state index contributed by atoms with van der Waals surface area (Å²) in [5.41, 5.74) is 2.75. The molecule has 1 aromatic heterocycles. The Bertz CT molecular complexity index is 590. The highest BCUT2D eigenvalue weighted by molar-refractivity contribution is 5.77. The summed E-state index contributed by atoms with van der Waals surface area (Å²) >= 11 is 0. The van der Waals surface area contributed by atoms with Gasteiger partial charge in [-0.3, -0.25) is 0 Å². The van der Waals surface area contributed by atoms with E-state index in [-0.39, 0.29) is 0 Å². The third kappa shape index (κ3) is 3.14. The molecule has 100 valence electrons. The van der Waals surface area contributed by atoms with Crippen molar-refractivity contribution in [1.82, 2.24) is 9.55 Å². The van der Waals surface area contributed by atoms with E-state index >= 15 is 0 Å². The molecule has 1 aromatic carbocycles. The van der Waals surface area contributed by atoms with E-state index in [0.29, 0.717) is 5.56 Å². The average Bonchev–Trinajstić information content (AvgIpc) is 2.75. The van der Waals surface area contributed by atoms with E-state index in [1.165, 1.54) is 32.1 Å². The number of fused-ring (bicyclic) bond motifs is 1. The maximum Gasteiger partial charge on any atom is 0.109 e. The zero-order valence-electron chi connectivity index (χ0n) is 11.8. The maximum atomic E-state index is 8.94. The van der Waals surface area contributed by atoms with Crippen molar-refractivity contribution >= 4 is 11.0 Å². The molecule has 1 heterocycles. The summed E-state index contributed by atoms with van der Waals surface area (Å²) in [6, 6.07) is 7.87. The van der Waals surface area contributed by atoms with Gasteiger partial charge in [-0.05, 0) is 24.6 Å². The molecule has 0 spiro atoms. The fourth-order valence-corrected chi connectivity index (χ4v) is 2.42. The predicted molar refractivity (Wildman–Crippen MR) is 77.9 cm³/mol. The standard InChI is InChI=1S/C16H21N3/c1-3-4-5-6-7-8-16-18-14-10-9-13(12-17)11-15(14)19(16)2/h9-11H,3-8H2,1-2H3. The molecular formula is C16H21N3. The quantitative estimate of drug-likeness (QED) is 0.733. The summed E-state index contributed by atoms with van der Waals surface area (Å²) in [5.74, 6) is 1.13. The van der Waals surface area contributed by atoms with E-state index in [0.717, 1.165) is 23.3 Å². The Morgan fingerprint density at radius 3 is 2.74 bits per heavy atom. The van der Waals surface area contributed by atoms with Gasteiger partial charge in [-0.25, -0.2) is 4.98 Å². The molecule has 3 heteroatoms. The number of benzene rings is 1. The third-order valence-corrected chi connectivity index (χ3v) is 3.61. The van der Waals surface area contributed by atoms with Crippen molar-refractivity contribution in [2.75, 3.05) is 0 Å². The Balaban J connectivity index is 2.08. The van der Waals surface area contributed by atoms with Gasteiger partial charge in [0.05, 0.1) is 22.7 Å². The summed E-state index contributed by atoms with van der Waals surface area (Å²) in [4.78, 5) is 4.66. The van der Waals surface area contributed by atoms with Gasteiger partial charge in [-0.1, -0.05) is 32.6 Å². The molecule has 0 fully saturated rings. The van der Waals surface area contributed by atoms with Gasteiger partial charge >= 0.3 is 0 Å². The number of hydrogen-bond acceptors (Lipinski definition) is 2. The van der Waals surface area contributed by atoms with Gasteiger partial charge in [-0.15, -0.1) is 0 Å². The van der Waals surface area contributed by atoms with Crippen molar-refractivity contribution in [1.29, 1.82) is 5.26 Å². The van der Waals surface area contributed by atoms with Crippen molar-refractivity contribution in [2.24, 2.45) is 7.05 Å². The zero-order chi connectivity index (χ0) is 13.7. The normalized spacial score (nSPS) is 10.8. The Labute approximate surface area is 114 Å². The minimum absolute atomic E-state index is 0.699. The largest absolute Gasteiger partial charge is 0.331 e. The molecule has 0 bridgehead atoms. The van der Waals surface area contributed by atoms with E-state index in [1.54, 1.807) is 0 Å². The monoisotopic (exact) mass is 255 g/mol. The number of nitriles is 1. The molecule has 0 aliphatic rings. The summed E-state index contributed by atoms with van der Waals surface area (Å²) in [6.45, 7) is 2.23. The van der Waals surface area contributed by atoms with Crippen LogP contribution in [0.15, 0.2) is 18.2 Å². The number of rotatable bonds is 6. The fraction of sp³-hybridized carbons (Fsp3) is 0.500. The van der Waals surface area contributed by atoms with Crippen LogP contribution in [0.1, 0.15) is 50.4 Å². The highest BCUT2D eigenvalue weighted by atomic mass is 15.1. The van der Waals surface area contributed by atoms with Crippen LogP contribution in [0.5, 0.6) is 0 Å². The zero-order valence-corrected chi connectivity index (χ0v) is 11.8. The number of hydrogen-bond donors (Lipinski definition) is 0. The van der Waals surface area contributed by atoms with Gasteiger partial charge in [-0.2, -0.15) is 5.26 Å². The number of aryl methyl sites for hydroxylation is 2. The molecule has 0 unspecified atom stereocenters. The van der Waals surface area contributed by atoms with E-state index < -0.39 is 0 Å². The molecule has 0 amide bonds. The molecule has 19 heavy (non-hydrogen) atoms. The summed E-state index contributed by atoms with van der Waals surface area (Å²) < 4.78 is 2.12. The number of imidazole rings is 1. The van der Waals surface area contributed by atoms with Crippen LogP contribution in [0.2, 0.25) is 0 Å². The highest BCUT2D eigenvalue weighted by Gasteiger charge is 2.07. The Morgan fingerprint density at radius 2 is 2.00 bits per heavy atom.